The first-order chi connectivity index (χ1) is 13.6. The molecule has 0 atom stereocenters. The molecule has 1 amide bonds. The normalized spacial score (nSPS) is 13.8. The number of benzene rings is 2. The van der Waals surface area contributed by atoms with Crippen molar-refractivity contribution in [3.05, 3.63) is 70.6 Å². The highest BCUT2D eigenvalue weighted by molar-refractivity contribution is 6.08. The molecular weight excluding hydrogens is 356 g/mol. The van der Waals surface area contributed by atoms with Crippen LogP contribution < -0.4 is 15.4 Å². The van der Waals surface area contributed by atoms with Gasteiger partial charge in [0.05, 0.1) is 11.0 Å². The topological polar surface area (TPSA) is 79.5 Å². The zero-order valence-electron chi connectivity index (χ0n) is 15.1. The highest BCUT2D eigenvalue weighted by Crippen LogP contribution is 2.31. The molecule has 5 rings (SSSR count). The van der Waals surface area contributed by atoms with Crippen LogP contribution in [0.15, 0.2) is 63.8 Å². The molecule has 0 fully saturated rings. The van der Waals surface area contributed by atoms with Crippen LogP contribution in [0.4, 0.5) is 11.6 Å². The average molecular weight is 372 g/mol. The fraction of sp³-hybridized carbons (Fsp3) is 0.143. The summed E-state index contributed by atoms with van der Waals surface area (Å²) in [6.45, 7) is 0.992. The number of carbonyl (C=O) groups excluding carboxylic acids is 1. The summed E-state index contributed by atoms with van der Waals surface area (Å²) in [4.78, 5) is 38.5. The fourth-order valence-electron chi connectivity index (χ4n) is 3.43. The minimum atomic E-state index is -0.655. The van der Waals surface area contributed by atoms with Crippen LogP contribution in [0.5, 0.6) is 0 Å². The molecule has 0 spiro atoms. The van der Waals surface area contributed by atoms with E-state index in [-0.39, 0.29) is 5.56 Å². The summed E-state index contributed by atoms with van der Waals surface area (Å²) < 4.78 is 5.33. The smallest absolute Gasteiger partial charge is 0.349 e. The molecule has 1 aliphatic rings. The molecule has 0 aliphatic carbocycles. The first kappa shape index (κ1) is 16.4. The van der Waals surface area contributed by atoms with E-state index in [2.05, 4.69) is 9.97 Å². The molecule has 4 aromatic rings. The summed E-state index contributed by atoms with van der Waals surface area (Å²) in [6, 6.07) is 16.2. The van der Waals surface area contributed by atoms with E-state index in [1.165, 1.54) is 4.90 Å². The Morgan fingerprint density at radius 2 is 1.64 bits per heavy atom. The van der Waals surface area contributed by atoms with Crippen molar-refractivity contribution >= 4 is 39.5 Å². The predicted molar refractivity (Wildman–Crippen MR) is 107 cm³/mol. The second-order valence-electron chi connectivity index (χ2n) is 6.72. The lowest BCUT2D eigenvalue weighted by molar-refractivity contribution is 0.0982. The standard InChI is InChI=1S/C21H16N4O3/c1-24-10-11-25(19-18(24)22-15-7-3-4-8-16(15)23-19)20(26)14-12-13-6-2-5-9-17(13)28-21(14)27/h2-9,12H,10-11H2,1H3. The van der Waals surface area contributed by atoms with Gasteiger partial charge in [-0.3, -0.25) is 9.69 Å². The Morgan fingerprint density at radius 3 is 2.43 bits per heavy atom. The van der Waals surface area contributed by atoms with Crippen LogP contribution in [0.25, 0.3) is 22.0 Å². The van der Waals surface area contributed by atoms with E-state index < -0.39 is 11.5 Å². The average Bonchev–Trinajstić information content (AvgIpc) is 2.72. The fourth-order valence-corrected chi connectivity index (χ4v) is 3.43. The number of rotatable bonds is 1. The van der Waals surface area contributed by atoms with E-state index in [9.17, 15) is 9.59 Å². The Bertz CT molecular complexity index is 1300. The molecule has 2 aromatic heterocycles. The third kappa shape index (κ3) is 2.51. The van der Waals surface area contributed by atoms with E-state index in [1.807, 2.05) is 42.3 Å². The van der Waals surface area contributed by atoms with Crippen molar-refractivity contribution in [3.63, 3.8) is 0 Å². The Labute approximate surface area is 159 Å². The molecule has 0 bridgehead atoms. The van der Waals surface area contributed by atoms with E-state index in [0.717, 1.165) is 5.52 Å². The Balaban J connectivity index is 1.65. The molecule has 0 radical (unpaired) electrons. The van der Waals surface area contributed by atoms with E-state index in [4.69, 9.17) is 4.42 Å². The van der Waals surface area contributed by atoms with Gasteiger partial charge in [0.1, 0.15) is 11.1 Å². The van der Waals surface area contributed by atoms with Crippen LogP contribution in [-0.2, 0) is 0 Å². The number of likely N-dealkylation sites (N-methyl/N-ethyl adjacent to an activating group) is 1. The van der Waals surface area contributed by atoms with Crippen LogP contribution in [0.1, 0.15) is 10.4 Å². The van der Waals surface area contributed by atoms with Crippen LogP contribution in [0, 0.1) is 0 Å². The summed E-state index contributed by atoms with van der Waals surface area (Å²) in [6.07, 6.45) is 0. The van der Waals surface area contributed by atoms with E-state index in [0.29, 0.717) is 41.2 Å². The molecule has 28 heavy (non-hydrogen) atoms. The maximum Gasteiger partial charge on any atom is 0.349 e. The third-order valence-corrected chi connectivity index (χ3v) is 4.93. The highest BCUT2D eigenvalue weighted by atomic mass is 16.4. The number of hydrogen-bond acceptors (Lipinski definition) is 6. The molecule has 2 aromatic carbocycles. The van der Waals surface area contributed by atoms with Gasteiger partial charge in [-0.2, -0.15) is 0 Å². The lowest BCUT2D eigenvalue weighted by atomic mass is 10.1. The molecule has 3 heterocycles. The van der Waals surface area contributed by atoms with Gasteiger partial charge in [-0.05, 0) is 24.3 Å². The van der Waals surface area contributed by atoms with Crippen LogP contribution in [0.3, 0.4) is 0 Å². The van der Waals surface area contributed by atoms with Crippen molar-refractivity contribution in [2.75, 3.05) is 29.9 Å². The minimum Gasteiger partial charge on any atom is -0.422 e. The Hall–Kier alpha value is -3.74. The van der Waals surface area contributed by atoms with Gasteiger partial charge < -0.3 is 9.32 Å². The van der Waals surface area contributed by atoms with Crippen LogP contribution in [0.2, 0.25) is 0 Å². The SMILES string of the molecule is CN1CCN(C(=O)c2cc3ccccc3oc2=O)c2nc3ccccc3nc21. The lowest BCUT2D eigenvalue weighted by Crippen LogP contribution is -2.45. The summed E-state index contributed by atoms with van der Waals surface area (Å²) in [5.74, 6) is 0.631. The van der Waals surface area contributed by atoms with Gasteiger partial charge in [0.2, 0.25) is 0 Å². The monoisotopic (exact) mass is 372 g/mol. The Morgan fingerprint density at radius 1 is 0.964 bits per heavy atom. The number of fused-ring (bicyclic) bond motifs is 3. The maximum absolute atomic E-state index is 13.2. The van der Waals surface area contributed by atoms with Gasteiger partial charge in [-0.1, -0.05) is 30.3 Å². The number of para-hydroxylation sites is 3. The minimum absolute atomic E-state index is 0.0100. The number of amides is 1. The van der Waals surface area contributed by atoms with Gasteiger partial charge in [0.15, 0.2) is 11.6 Å². The maximum atomic E-state index is 13.2. The number of carbonyl (C=O) groups is 1. The van der Waals surface area contributed by atoms with Crippen molar-refractivity contribution in [1.29, 1.82) is 0 Å². The number of aromatic nitrogens is 2. The molecule has 7 nitrogen and oxygen atoms in total. The second-order valence-corrected chi connectivity index (χ2v) is 6.72. The molecule has 0 unspecified atom stereocenters. The summed E-state index contributed by atoms with van der Waals surface area (Å²) in [5.41, 5.74) is 1.24. The van der Waals surface area contributed by atoms with Crippen LogP contribution in [-0.4, -0.2) is 36.0 Å². The van der Waals surface area contributed by atoms with Gasteiger partial charge in [-0.25, -0.2) is 14.8 Å². The van der Waals surface area contributed by atoms with Crippen molar-refractivity contribution in [3.8, 4) is 0 Å². The Kier molecular flexibility index (Phi) is 3.61. The lowest BCUT2D eigenvalue weighted by Gasteiger charge is -2.33. The first-order valence-corrected chi connectivity index (χ1v) is 8.94. The largest absolute Gasteiger partial charge is 0.422 e. The summed E-state index contributed by atoms with van der Waals surface area (Å²) in [5, 5.41) is 0.699. The van der Waals surface area contributed by atoms with Gasteiger partial charge in [0.25, 0.3) is 5.91 Å². The van der Waals surface area contributed by atoms with Crippen molar-refractivity contribution in [2.45, 2.75) is 0 Å². The molecule has 0 N–H and O–H groups in total. The van der Waals surface area contributed by atoms with E-state index in [1.54, 1.807) is 24.3 Å². The third-order valence-electron chi connectivity index (χ3n) is 4.93. The molecule has 0 saturated heterocycles. The van der Waals surface area contributed by atoms with Gasteiger partial charge in [-0.15, -0.1) is 0 Å². The number of hydrogen-bond donors (Lipinski definition) is 0. The molecule has 1 aliphatic heterocycles. The van der Waals surface area contributed by atoms with Crippen molar-refractivity contribution in [2.24, 2.45) is 0 Å². The number of anilines is 2. The van der Waals surface area contributed by atoms with Gasteiger partial charge in [0, 0.05) is 25.5 Å². The summed E-state index contributed by atoms with van der Waals surface area (Å²) in [7, 11) is 1.91. The van der Waals surface area contributed by atoms with Crippen molar-refractivity contribution < 1.29 is 9.21 Å². The molecular formula is C21H16N4O3. The molecule has 0 saturated carbocycles. The zero-order chi connectivity index (χ0) is 19.3. The van der Waals surface area contributed by atoms with E-state index >= 15 is 0 Å². The van der Waals surface area contributed by atoms with Gasteiger partial charge >= 0.3 is 5.63 Å². The molecule has 138 valence electrons. The zero-order valence-corrected chi connectivity index (χ0v) is 15.1. The molecule has 7 heteroatoms. The van der Waals surface area contributed by atoms with Crippen LogP contribution >= 0.6 is 0 Å². The summed E-state index contributed by atoms with van der Waals surface area (Å²) >= 11 is 0. The second kappa shape index (κ2) is 6.16. The first-order valence-electron chi connectivity index (χ1n) is 8.94. The number of nitrogens with zero attached hydrogens (tertiary/aromatic N) is 4. The quantitative estimate of drug-likeness (QED) is 0.478. The van der Waals surface area contributed by atoms with Crippen molar-refractivity contribution in [1.82, 2.24) is 9.97 Å². The highest BCUT2D eigenvalue weighted by Gasteiger charge is 2.31. The predicted octanol–water partition coefficient (Wildman–Crippen LogP) is 2.83.